The lowest BCUT2D eigenvalue weighted by molar-refractivity contribution is 0.0696. The van der Waals surface area contributed by atoms with Crippen molar-refractivity contribution in [1.82, 2.24) is 5.32 Å². The number of aromatic hydroxyl groups is 1. The van der Waals surface area contributed by atoms with Crippen LogP contribution >= 0.6 is 0 Å². The van der Waals surface area contributed by atoms with Crippen molar-refractivity contribution in [3.8, 4) is 5.75 Å². The van der Waals surface area contributed by atoms with Crippen molar-refractivity contribution in [3.05, 3.63) is 59.2 Å². The standard InChI is InChI=1S/C26H40N2O6SSi/c1-25(2,15-18-9-8-10-20(13-18)24(30)31)27-17-21(16-26(3,4)36(6,7)34)19-11-12-23(29)22(14-19)28-35(5,32)33/h8-14,21,27-29,34H,15-17H2,1-7H3,(H,30,31)/t21-/m0/s1. The number of phenols is 1. The van der Waals surface area contributed by atoms with Crippen LogP contribution in [0, 0.1) is 0 Å². The monoisotopic (exact) mass is 536 g/mol. The van der Waals surface area contributed by atoms with Crippen LogP contribution in [0.3, 0.4) is 0 Å². The Balaban J connectivity index is 2.34. The van der Waals surface area contributed by atoms with Gasteiger partial charge in [0.15, 0.2) is 8.32 Å². The van der Waals surface area contributed by atoms with E-state index in [4.69, 9.17) is 0 Å². The molecule has 0 heterocycles. The number of anilines is 1. The van der Waals surface area contributed by atoms with E-state index in [1.54, 1.807) is 30.3 Å². The molecule has 2 rings (SSSR count). The number of hydrogen-bond donors (Lipinski definition) is 5. The second-order valence-corrected chi connectivity index (χ2v) is 17.7. The van der Waals surface area contributed by atoms with Crippen LogP contribution in [0.25, 0.3) is 0 Å². The molecule has 0 amide bonds. The Hall–Kier alpha value is -2.40. The van der Waals surface area contributed by atoms with Crippen molar-refractivity contribution in [2.24, 2.45) is 0 Å². The van der Waals surface area contributed by atoms with E-state index in [1.165, 1.54) is 6.07 Å². The van der Waals surface area contributed by atoms with E-state index in [2.05, 4.69) is 10.0 Å². The maximum absolute atomic E-state index is 11.8. The predicted octanol–water partition coefficient (Wildman–Crippen LogP) is 4.52. The molecular weight excluding hydrogens is 496 g/mol. The molecule has 0 unspecified atom stereocenters. The summed E-state index contributed by atoms with van der Waals surface area (Å²) < 4.78 is 26.0. The Kier molecular flexibility index (Phi) is 9.04. The molecule has 0 bridgehead atoms. The van der Waals surface area contributed by atoms with Gasteiger partial charge in [-0.3, -0.25) is 4.72 Å². The van der Waals surface area contributed by atoms with E-state index in [0.29, 0.717) is 19.4 Å². The molecule has 0 aliphatic rings. The molecule has 5 N–H and O–H groups in total. The summed E-state index contributed by atoms with van der Waals surface area (Å²) in [4.78, 5) is 22.3. The largest absolute Gasteiger partial charge is 0.506 e. The first-order valence-corrected chi connectivity index (χ1v) is 16.7. The molecule has 0 radical (unpaired) electrons. The summed E-state index contributed by atoms with van der Waals surface area (Å²) in [6.07, 6.45) is 2.27. The Morgan fingerprint density at radius 2 is 1.72 bits per heavy atom. The summed E-state index contributed by atoms with van der Waals surface area (Å²) in [5, 5.41) is 22.8. The molecule has 0 aliphatic heterocycles. The molecule has 0 saturated carbocycles. The molecule has 1 atom stereocenters. The van der Waals surface area contributed by atoms with Crippen LogP contribution in [0.5, 0.6) is 5.75 Å². The van der Waals surface area contributed by atoms with E-state index in [1.807, 2.05) is 46.9 Å². The summed E-state index contributed by atoms with van der Waals surface area (Å²) in [6, 6.07) is 11.8. The summed E-state index contributed by atoms with van der Waals surface area (Å²) >= 11 is 0. The Morgan fingerprint density at radius 3 is 2.28 bits per heavy atom. The van der Waals surface area contributed by atoms with Gasteiger partial charge in [-0.05, 0) is 86.1 Å². The van der Waals surface area contributed by atoms with Crippen molar-refractivity contribution in [2.45, 2.75) is 70.1 Å². The summed E-state index contributed by atoms with van der Waals surface area (Å²) in [5.41, 5.74) is 1.71. The zero-order valence-electron chi connectivity index (χ0n) is 22.2. The van der Waals surface area contributed by atoms with Crippen LogP contribution in [0.1, 0.15) is 61.5 Å². The normalized spacial score (nSPS) is 13.9. The third-order valence-corrected chi connectivity index (χ3v) is 11.0. The van der Waals surface area contributed by atoms with Gasteiger partial charge in [-0.25, -0.2) is 13.2 Å². The molecule has 0 spiro atoms. The third-order valence-electron chi connectivity index (χ3n) is 6.85. The minimum atomic E-state index is -3.58. The molecule has 0 aromatic heterocycles. The maximum Gasteiger partial charge on any atom is 0.335 e. The third kappa shape index (κ3) is 8.61. The lowest BCUT2D eigenvalue weighted by Gasteiger charge is -2.39. The molecule has 0 aliphatic carbocycles. The fourth-order valence-corrected chi connectivity index (χ4v) is 5.36. The van der Waals surface area contributed by atoms with Crippen molar-refractivity contribution < 1.29 is 28.2 Å². The van der Waals surface area contributed by atoms with Gasteiger partial charge in [-0.15, -0.1) is 0 Å². The number of carboxylic acids is 1. The summed E-state index contributed by atoms with van der Waals surface area (Å²) in [5.74, 6) is -1.22. The number of phenolic OH excluding ortho intramolecular Hbond substituents is 1. The molecular formula is C26H40N2O6SSi. The maximum atomic E-state index is 11.8. The van der Waals surface area contributed by atoms with E-state index in [9.17, 15) is 28.2 Å². The van der Waals surface area contributed by atoms with E-state index in [-0.39, 0.29) is 33.5 Å². The van der Waals surface area contributed by atoms with Crippen LogP contribution < -0.4 is 10.0 Å². The van der Waals surface area contributed by atoms with Crippen LogP contribution in [-0.2, 0) is 16.4 Å². The lowest BCUT2D eigenvalue weighted by atomic mass is 9.87. The summed E-state index contributed by atoms with van der Waals surface area (Å²) in [6.45, 7) is 12.5. The van der Waals surface area contributed by atoms with Crippen molar-refractivity contribution in [3.63, 3.8) is 0 Å². The number of benzene rings is 2. The Labute approximate surface area is 216 Å². The second kappa shape index (κ2) is 10.9. The lowest BCUT2D eigenvalue weighted by Crippen LogP contribution is -2.45. The van der Waals surface area contributed by atoms with Crippen LogP contribution in [0.15, 0.2) is 42.5 Å². The van der Waals surface area contributed by atoms with E-state index in [0.717, 1.165) is 17.4 Å². The molecule has 0 fully saturated rings. The SMILES string of the molecule is CC(C)(Cc1cccc(C(=O)O)c1)NC[C@H](CC(C)(C)[Si](C)(C)O)c1ccc(O)c(NS(C)(=O)=O)c1. The topological polar surface area (TPSA) is 136 Å². The number of nitrogens with one attached hydrogen (secondary N) is 2. The first kappa shape index (κ1) is 29.8. The van der Waals surface area contributed by atoms with Gasteiger partial charge in [0.05, 0.1) is 17.5 Å². The highest BCUT2D eigenvalue weighted by Crippen LogP contribution is 2.45. The molecule has 2 aromatic rings. The molecule has 2 aromatic carbocycles. The smallest absolute Gasteiger partial charge is 0.335 e. The first-order valence-electron chi connectivity index (χ1n) is 11.9. The number of rotatable bonds is 12. The number of hydrogen-bond acceptors (Lipinski definition) is 6. The van der Waals surface area contributed by atoms with Gasteiger partial charge in [0.1, 0.15) is 5.75 Å². The zero-order valence-corrected chi connectivity index (χ0v) is 24.0. The number of sulfonamides is 1. The van der Waals surface area contributed by atoms with Gasteiger partial charge in [-0.1, -0.05) is 32.0 Å². The highest BCUT2D eigenvalue weighted by Gasteiger charge is 2.40. The highest BCUT2D eigenvalue weighted by molar-refractivity contribution is 7.92. The number of carboxylic acid groups (broad SMARTS) is 1. The minimum Gasteiger partial charge on any atom is -0.506 e. The first-order chi connectivity index (χ1) is 16.3. The van der Waals surface area contributed by atoms with Crippen LogP contribution in [0.4, 0.5) is 5.69 Å². The van der Waals surface area contributed by atoms with Gasteiger partial charge in [-0.2, -0.15) is 0 Å². The Morgan fingerprint density at radius 1 is 1.08 bits per heavy atom. The van der Waals surface area contributed by atoms with Crippen LogP contribution in [0.2, 0.25) is 18.1 Å². The zero-order chi connectivity index (χ0) is 27.5. The molecule has 200 valence electrons. The second-order valence-electron chi connectivity index (χ2n) is 11.4. The number of aromatic carboxylic acids is 1. The molecule has 0 saturated heterocycles. The van der Waals surface area contributed by atoms with E-state index >= 15 is 0 Å². The molecule has 36 heavy (non-hydrogen) atoms. The molecule has 10 heteroatoms. The average molecular weight is 537 g/mol. The quantitative estimate of drug-likeness (QED) is 0.199. The van der Waals surface area contributed by atoms with Crippen molar-refractivity contribution in [2.75, 3.05) is 17.5 Å². The fraction of sp³-hybridized carbons (Fsp3) is 0.500. The van der Waals surface area contributed by atoms with Crippen LogP contribution in [-0.4, -0.2) is 56.1 Å². The number of carbonyl (C=O) groups is 1. The van der Waals surface area contributed by atoms with Gasteiger partial charge >= 0.3 is 5.97 Å². The van der Waals surface area contributed by atoms with Crippen molar-refractivity contribution in [1.29, 1.82) is 0 Å². The Bertz CT molecular complexity index is 1190. The molecule has 8 nitrogen and oxygen atoms in total. The van der Waals surface area contributed by atoms with Gasteiger partial charge in [0, 0.05) is 12.1 Å². The average Bonchev–Trinajstić information content (AvgIpc) is 2.71. The van der Waals surface area contributed by atoms with Gasteiger partial charge in [0.25, 0.3) is 0 Å². The van der Waals surface area contributed by atoms with Gasteiger partial charge < -0.3 is 20.3 Å². The van der Waals surface area contributed by atoms with Crippen molar-refractivity contribution >= 4 is 30.0 Å². The minimum absolute atomic E-state index is 0.0933. The summed E-state index contributed by atoms with van der Waals surface area (Å²) in [7, 11) is -6.12. The van der Waals surface area contributed by atoms with Gasteiger partial charge in [0.2, 0.25) is 10.0 Å². The fourth-order valence-electron chi connectivity index (χ4n) is 4.05. The highest BCUT2D eigenvalue weighted by atomic mass is 32.2. The predicted molar refractivity (Wildman–Crippen MR) is 147 cm³/mol. The van der Waals surface area contributed by atoms with E-state index < -0.39 is 24.3 Å².